The highest BCUT2D eigenvalue weighted by atomic mass is 16.2. The van der Waals surface area contributed by atoms with Crippen LogP contribution in [0.25, 0.3) is 0 Å². The minimum absolute atomic E-state index is 0.235. The molecule has 0 saturated carbocycles. The summed E-state index contributed by atoms with van der Waals surface area (Å²) in [5.74, 6) is 1.05. The first-order valence-electron chi connectivity index (χ1n) is 6.37. The highest BCUT2D eigenvalue weighted by molar-refractivity contribution is 5.78. The van der Waals surface area contributed by atoms with Gasteiger partial charge >= 0.3 is 0 Å². The number of hydrogen-bond donors (Lipinski definition) is 1. The van der Waals surface area contributed by atoms with Crippen LogP contribution in [0.15, 0.2) is 12.7 Å². The van der Waals surface area contributed by atoms with Crippen LogP contribution >= 0.6 is 0 Å². The summed E-state index contributed by atoms with van der Waals surface area (Å²) in [4.78, 5) is 13.9. The zero-order valence-corrected chi connectivity index (χ0v) is 10.4. The van der Waals surface area contributed by atoms with Gasteiger partial charge in [-0.05, 0) is 25.2 Å². The van der Waals surface area contributed by atoms with Gasteiger partial charge in [0, 0.05) is 19.6 Å². The number of nitrogens with zero attached hydrogens (tertiary/aromatic N) is 1. The first-order valence-corrected chi connectivity index (χ1v) is 6.37. The van der Waals surface area contributed by atoms with Gasteiger partial charge in [-0.3, -0.25) is 4.79 Å². The van der Waals surface area contributed by atoms with E-state index in [1.54, 1.807) is 6.08 Å². The molecule has 0 aromatic carbocycles. The van der Waals surface area contributed by atoms with Crippen molar-refractivity contribution < 1.29 is 4.79 Å². The van der Waals surface area contributed by atoms with Gasteiger partial charge in [0.1, 0.15) is 0 Å². The number of rotatable bonds is 5. The van der Waals surface area contributed by atoms with E-state index in [4.69, 9.17) is 0 Å². The number of hydrogen-bond acceptors (Lipinski definition) is 2. The molecule has 0 aliphatic carbocycles. The molecule has 1 rings (SSSR count). The van der Waals surface area contributed by atoms with E-state index in [1.807, 2.05) is 4.90 Å². The highest BCUT2D eigenvalue weighted by Crippen LogP contribution is 2.19. The van der Waals surface area contributed by atoms with Crippen molar-refractivity contribution in [2.45, 2.75) is 32.6 Å². The molecule has 1 aliphatic rings. The second-order valence-electron chi connectivity index (χ2n) is 4.51. The largest absolute Gasteiger partial charge is 0.342 e. The van der Waals surface area contributed by atoms with Gasteiger partial charge in [0.15, 0.2) is 0 Å². The lowest BCUT2D eigenvalue weighted by atomic mass is 9.98. The van der Waals surface area contributed by atoms with E-state index in [0.29, 0.717) is 13.1 Å². The van der Waals surface area contributed by atoms with Crippen molar-refractivity contribution in [3.8, 4) is 0 Å². The van der Waals surface area contributed by atoms with E-state index < -0.39 is 0 Å². The van der Waals surface area contributed by atoms with E-state index in [2.05, 4.69) is 18.8 Å². The Morgan fingerprint density at radius 1 is 1.50 bits per heavy atom. The van der Waals surface area contributed by atoms with Crippen LogP contribution < -0.4 is 5.32 Å². The fourth-order valence-corrected chi connectivity index (χ4v) is 2.22. The Balaban J connectivity index is 2.30. The van der Waals surface area contributed by atoms with Gasteiger partial charge in [-0.1, -0.05) is 19.4 Å². The Bertz CT molecular complexity index is 228. The van der Waals surface area contributed by atoms with Crippen molar-refractivity contribution in [2.24, 2.45) is 5.92 Å². The normalized spacial score (nSPS) is 21.6. The lowest BCUT2D eigenvalue weighted by molar-refractivity contribution is -0.130. The molecule has 1 N–H and O–H groups in total. The lowest BCUT2D eigenvalue weighted by Crippen LogP contribution is -2.38. The van der Waals surface area contributed by atoms with Crippen LogP contribution in [0.1, 0.15) is 32.6 Å². The third kappa shape index (κ3) is 4.35. The van der Waals surface area contributed by atoms with Crippen molar-refractivity contribution >= 4 is 5.91 Å². The molecule has 0 spiro atoms. The molecule has 1 amide bonds. The number of carbonyl (C=O) groups excluding carboxylic acids is 1. The minimum atomic E-state index is 0.235. The number of nitrogens with one attached hydrogen (secondary N) is 1. The summed E-state index contributed by atoms with van der Waals surface area (Å²) in [6.07, 6.45) is 6.63. The summed E-state index contributed by atoms with van der Waals surface area (Å²) in [6, 6.07) is 0. The molecule has 1 aliphatic heterocycles. The van der Waals surface area contributed by atoms with Crippen molar-refractivity contribution in [1.29, 1.82) is 0 Å². The van der Waals surface area contributed by atoms with Crippen molar-refractivity contribution in [3.05, 3.63) is 12.7 Å². The monoisotopic (exact) mass is 224 g/mol. The van der Waals surface area contributed by atoms with Crippen LogP contribution in [-0.2, 0) is 4.79 Å². The van der Waals surface area contributed by atoms with Crippen LogP contribution in [0, 0.1) is 5.92 Å². The SMILES string of the molecule is C=CCNCC(=O)N1CCCC(CC)CC1. The quantitative estimate of drug-likeness (QED) is 0.570. The second kappa shape index (κ2) is 7.44. The molecule has 1 atom stereocenters. The van der Waals surface area contributed by atoms with E-state index in [0.717, 1.165) is 25.4 Å². The molecule has 92 valence electrons. The van der Waals surface area contributed by atoms with Crippen molar-refractivity contribution in [2.75, 3.05) is 26.2 Å². The maximum absolute atomic E-state index is 11.8. The molecule has 3 nitrogen and oxygen atoms in total. The number of carbonyl (C=O) groups is 1. The fraction of sp³-hybridized carbons (Fsp3) is 0.769. The number of amides is 1. The Hall–Kier alpha value is -0.830. The average molecular weight is 224 g/mol. The first-order chi connectivity index (χ1) is 7.77. The van der Waals surface area contributed by atoms with E-state index in [9.17, 15) is 4.79 Å². The summed E-state index contributed by atoms with van der Waals surface area (Å²) in [6.45, 7) is 8.89. The Morgan fingerprint density at radius 2 is 2.31 bits per heavy atom. The maximum Gasteiger partial charge on any atom is 0.236 e. The zero-order chi connectivity index (χ0) is 11.8. The minimum Gasteiger partial charge on any atom is -0.342 e. The van der Waals surface area contributed by atoms with Crippen molar-refractivity contribution in [1.82, 2.24) is 10.2 Å². The molecule has 1 saturated heterocycles. The molecule has 3 heteroatoms. The molecule has 0 radical (unpaired) electrons. The van der Waals surface area contributed by atoms with Gasteiger partial charge < -0.3 is 10.2 Å². The van der Waals surface area contributed by atoms with E-state index in [1.165, 1.54) is 19.3 Å². The van der Waals surface area contributed by atoms with Crippen LogP contribution in [-0.4, -0.2) is 37.0 Å². The molecule has 1 heterocycles. The van der Waals surface area contributed by atoms with Crippen LogP contribution in [0.2, 0.25) is 0 Å². The summed E-state index contributed by atoms with van der Waals surface area (Å²) in [5.41, 5.74) is 0. The summed E-state index contributed by atoms with van der Waals surface area (Å²) in [7, 11) is 0. The predicted octanol–water partition coefficient (Wildman–Crippen LogP) is 1.80. The molecule has 16 heavy (non-hydrogen) atoms. The molecular formula is C13H24N2O. The van der Waals surface area contributed by atoms with Gasteiger partial charge in [-0.25, -0.2) is 0 Å². The number of likely N-dealkylation sites (tertiary alicyclic amines) is 1. The van der Waals surface area contributed by atoms with Gasteiger partial charge in [-0.15, -0.1) is 6.58 Å². The molecule has 1 fully saturated rings. The van der Waals surface area contributed by atoms with E-state index >= 15 is 0 Å². The Morgan fingerprint density at radius 3 is 3.00 bits per heavy atom. The zero-order valence-electron chi connectivity index (χ0n) is 10.4. The summed E-state index contributed by atoms with van der Waals surface area (Å²) in [5, 5.41) is 3.07. The van der Waals surface area contributed by atoms with Gasteiger partial charge in [0.05, 0.1) is 6.54 Å². The average Bonchev–Trinajstić information content (AvgIpc) is 2.54. The second-order valence-corrected chi connectivity index (χ2v) is 4.51. The molecule has 0 aromatic rings. The predicted molar refractivity (Wildman–Crippen MR) is 67.3 cm³/mol. The van der Waals surface area contributed by atoms with Crippen LogP contribution in [0.4, 0.5) is 0 Å². The van der Waals surface area contributed by atoms with Gasteiger partial charge in [0.2, 0.25) is 5.91 Å². The van der Waals surface area contributed by atoms with Crippen LogP contribution in [0.3, 0.4) is 0 Å². The van der Waals surface area contributed by atoms with E-state index in [-0.39, 0.29) is 5.91 Å². The Labute approximate surface area is 98.9 Å². The van der Waals surface area contributed by atoms with Gasteiger partial charge in [-0.2, -0.15) is 0 Å². The van der Waals surface area contributed by atoms with Crippen molar-refractivity contribution in [3.63, 3.8) is 0 Å². The molecule has 0 aromatic heterocycles. The lowest BCUT2D eigenvalue weighted by Gasteiger charge is -2.20. The topological polar surface area (TPSA) is 32.3 Å². The summed E-state index contributed by atoms with van der Waals surface area (Å²) >= 11 is 0. The molecular weight excluding hydrogens is 200 g/mol. The van der Waals surface area contributed by atoms with Gasteiger partial charge in [0.25, 0.3) is 0 Å². The standard InChI is InChI=1S/C13H24N2O/c1-3-8-14-11-13(16)15-9-5-6-12(4-2)7-10-15/h3,12,14H,1,4-11H2,2H3. The molecule has 0 bridgehead atoms. The fourth-order valence-electron chi connectivity index (χ4n) is 2.22. The third-order valence-electron chi connectivity index (χ3n) is 3.34. The highest BCUT2D eigenvalue weighted by Gasteiger charge is 2.18. The van der Waals surface area contributed by atoms with Crippen LogP contribution in [0.5, 0.6) is 0 Å². The Kier molecular flexibility index (Phi) is 6.16. The molecule has 1 unspecified atom stereocenters. The first kappa shape index (κ1) is 13.2. The maximum atomic E-state index is 11.8. The summed E-state index contributed by atoms with van der Waals surface area (Å²) < 4.78 is 0. The smallest absolute Gasteiger partial charge is 0.236 e. The third-order valence-corrected chi connectivity index (χ3v) is 3.34.